The molecule has 7 heteroatoms. The second-order valence-electron chi connectivity index (χ2n) is 10.8. The first-order chi connectivity index (χ1) is 17.4. The molecule has 1 aromatic heterocycles. The van der Waals surface area contributed by atoms with Crippen molar-refractivity contribution in [3.63, 3.8) is 0 Å². The highest BCUT2D eigenvalue weighted by Gasteiger charge is 2.51. The summed E-state index contributed by atoms with van der Waals surface area (Å²) >= 11 is 0. The highest BCUT2D eigenvalue weighted by Crippen LogP contribution is 2.51. The number of aromatic nitrogens is 1. The zero-order valence-corrected chi connectivity index (χ0v) is 21.0. The van der Waals surface area contributed by atoms with Crippen LogP contribution in [-0.4, -0.2) is 58.7 Å². The van der Waals surface area contributed by atoms with E-state index in [1.165, 1.54) is 17.0 Å². The van der Waals surface area contributed by atoms with E-state index < -0.39 is 0 Å². The van der Waals surface area contributed by atoms with Crippen LogP contribution in [0.1, 0.15) is 48.5 Å². The molecule has 3 heterocycles. The molecule has 6 nitrogen and oxygen atoms in total. The molecule has 6 rings (SSSR count). The fraction of sp³-hybridized carbons (Fsp3) is 0.483. The number of nitrogens with zero attached hydrogens (tertiary/aromatic N) is 3. The summed E-state index contributed by atoms with van der Waals surface area (Å²) in [4.78, 5) is 17.8. The molecule has 2 fully saturated rings. The van der Waals surface area contributed by atoms with Gasteiger partial charge in [-0.25, -0.2) is 4.39 Å². The second kappa shape index (κ2) is 8.89. The molecule has 190 valence electrons. The summed E-state index contributed by atoms with van der Waals surface area (Å²) in [7, 11) is 3.72. The Morgan fingerprint density at radius 1 is 1.17 bits per heavy atom. The summed E-state index contributed by atoms with van der Waals surface area (Å²) in [5.41, 5.74) is 4.21. The Labute approximate surface area is 211 Å². The number of aliphatic hydroxyl groups excluding tert-OH is 1. The molecule has 3 aliphatic rings. The number of aliphatic hydroxyl groups is 1. The second-order valence-corrected chi connectivity index (χ2v) is 10.8. The first-order valence-corrected chi connectivity index (χ1v) is 13.0. The molecule has 36 heavy (non-hydrogen) atoms. The third kappa shape index (κ3) is 3.80. The molecule has 2 aromatic carbocycles. The van der Waals surface area contributed by atoms with E-state index in [2.05, 4.69) is 21.6 Å². The number of carbonyl (C=O) groups is 1. The van der Waals surface area contributed by atoms with E-state index in [1.54, 1.807) is 19.2 Å². The number of likely N-dealkylation sites (tertiary alicyclic amines) is 1. The maximum atomic E-state index is 13.7. The standard InChI is InChI=1S/C29H34FN3O3/c1-31-24-15-22(36-2)8-9-23(24)26-27(31)25(17-34)33(28(35)20-6-7-20)18-29(26)10-12-32(13-11-29)16-19-4-3-5-21(30)14-19/h3-5,8-9,14-15,20,25,34H,6-7,10-13,16-18H2,1-2H3/t25-/m1/s1. The summed E-state index contributed by atoms with van der Waals surface area (Å²) < 4.78 is 21.4. The van der Waals surface area contributed by atoms with Crippen molar-refractivity contribution in [2.24, 2.45) is 13.0 Å². The molecule has 1 atom stereocenters. The van der Waals surface area contributed by atoms with Crippen LogP contribution >= 0.6 is 0 Å². The Bertz CT molecular complexity index is 1310. The largest absolute Gasteiger partial charge is 0.497 e. The number of hydrogen-bond donors (Lipinski definition) is 1. The van der Waals surface area contributed by atoms with Gasteiger partial charge in [0.05, 0.1) is 25.3 Å². The minimum absolute atomic E-state index is 0.0888. The van der Waals surface area contributed by atoms with Crippen molar-refractivity contribution in [1.82, 2.24) is 14.4 Å². The summed E-state index contributed by atoms with van der Waals surface area (Å²) in [6.07, 6.45) is 3.71. The smallest absolute Gasteiger partial charge is 0.226 e. The minimum Gasteiger partial charge on any atom is -0.497 e. The van der Waals surface area contributed by atoms with E-state index in [0.717, 1.165) is 67.8 Å². The predicted octanol–water partition coefficient (Wildman–Crippen LogP) is 4.15. The van der Waals surface area contributed by atoms with Crippen LogP contribution in [-0.2, 0) is 23.8 Å². The zero-order chi connectivity index (χ0) is 25.0. The number of fused-ring (bicyclic) bond motifs is 4. The number of ether oxygens (including phenoxy) is 1. The number of piperidine rings is 1. The monoisotopic (exact) mass is 491 g/mol. The molecule has 0 radical (unpaired) electrons. The molecule has 0 bridgehead atoms. The number of halogens is 1. The van der Waals surface area contributed by atoms with E-state index in [4.69, 9.17) is 4.74 Å². The molecule has 3 aromatic rings. The summed E-state index contributed by atoms with van der Waals surface area (Å²) in [5, 5.41) is 11.7. The van der Waals surface area contributed by atoms with Gasteiger partial charge in [0.15, 0.2) is 0 Å². The molecule has 2 aliphatic heterocycles. The quantitative estimate of drug-likeness (QED) is 0.583. The Balaban J connectivity index is 1.40. The van der Waals surface area contributed by atoms with E-state index >= 15 is 0 Å². The number of methoxy groups -OCH3 is 1. The van der Waals surface area contributed by atoms with Gasteiger partial charge in [-0.05, 0) is 74.2 Å². The first kappa shape index (κ1) is 23.5. The molecule has 1 N–H and O–H groups in total. The zero-order valence-electron chi connectivity index (χ0n) is 21.0. The normalized spacial score (nSPS) is 21.7. The van der Waals surface area contributed by atoms with Crippen LogP contribution < -0.4 is 4.74 Å². The van der Waals surface area contributed by atoms with Crippen molar-refractivity contribution >= 4 is 16.8 Å². The van der Waals surface area contributed by atoms with Gasteiger partial charge >= 0.3 is 0 Å². The van der Waals surface area contributed by atoms with Gasteiger partial charge in [-0.3, -0.25) is 9.69 Å². The van der Waals surface area contributed by atoms with E-state index in [-0.39, 0.29) is 35.7 Å². The Kier molecular flexibility index (Phi) is 5.80. The summed E-state index contributed by atoms with van der Waals surface area (Å²) in [6, 6.07) is 12.7. The lowest BCUT2D eigenvalue weighted by Crippen LogP contribution is -2.55. The Hall–Kier alpha value is -2.90. The van der Waals surface area contributed by atoms with Crippen LogP contribution in [0.3, 0.4) is 0 Å². The van der Waals surface area contributed by atoms with Crippen LogP contribution in [0.2, 0.25) is 0 Å². The number of rotatable bonds is 5. The molecule has 0 unspecified atom stereocenters. The number of carbonyl (C=O) groups excluding carboxylic acids is 1. The Morgan fingerprint density at radius 2 is 1.94 bits per heavy atom. The average molecular weight is 492 g/mol. The van der Waals surface area contributed by atoms with Crippen molar-refractivity contribution in [3.8, 4) is 5.75 Å². The van der Waals surface area contributed by atoms with Gasteiger partial charge in [0.2, 0.25) is 5.91 Å². The molecular weight excluding hydrogens is 457 g/mol. The number of aryl methyl sites for hydroxylation is 1. The summed E-state index contributed by atoms with van der Waals surface area (Å²) in [5.74, 6) is 0.879. The molecular formula is C29H34FN3O3. The van der Waals surface area contributed by atoms with Gasteiger partial charge in [-0.2, -0.15) is 0 Å². The highest BCUT2D eigenvalue weighted by atomic mass is 19.1. The fourth-order valence-electron chi connectivity index (χ4n) is 6.60. The first-order valence-electron chi connectivity index (χ1n) is 13.0. The number of hydrogen-bond acceptors (Lipinski definition) is 4. The lowest BCUT2D eigenvalue weighted by atomic mass is 9.68. The maximum Gasteiger partial charge on any atom is 0.226 e. The van der Waals surface area contributed by atoms with Crippen molar-refractivity contribution in [1.29, 1.82) is 0 Å². The maximum absolute atomic E-state index is 13.7. The summed E-state index contributed by atoms with van der Waals surface area (Å²) in [6.45, 7) is 3.01. The van der Waals surface area contributed by atoms with Gasteiger partial charge in [-0.15, -0.1) is 0 Å². The van der Waals surface area contributed by atoms with Crippen molar-refractivity contribution in [2.75, 3.05) is 33.4 Å². The third-order valence-corrected chi connectivity index (χ3v) is 8.64. The molecule has 1 saturated carbocycles. The van der Waals surface area contributed by atoms with Crippen LogP contribution in [0.25, 0.3) is 10.9 Å². The lowest BCUT2D eigenvalue weighted by molar-refractivity contribution is -0.138. The SMILES string of the molecule is COc1ccc2c3c(n(C)c2c1)[C@@H](CO)N(C(=O)C1CC1)CC31CCN(Cc2cccc(F)c2)CC1. The Morgan fingerprint density at radius 3 is 2.61 bits per heavy atom. The number of benzene rings is 2. The fourth-order valence-corrected chi connectivity index (χ4v) is 6.60. The van der Waals surface area contributed by atoms with Crippen molar-refractivity contribution in [3.05, 3.63) is 65.1 Å². The third-order valence-electron chi connectivity index (χ3n) is 8.64. The lowest BCUT2D eigenvalue weighted by Gasteiger charge is -2.50. The van der Waals surface area contributed by atoms with Gasteiger partial charge in [-0.1, -0.05) is 12.1 Å². The number of amides is 1. The highest BCUT2D eigenvalue weighted by molar-refractivity contribution is 5.90. The molecule has 1 saturated heterocycles. The average Bonchev–Trinajstić information content (AvgIpc) is 3.70. The minimum atomic E-state index is -0.340. The van der Waals surface area contributed by atoms with Crippen molar-refractivity contribution < 1.29 is 19.0 Å². The van der Waals surface area contributed by atoms with Gasteiger partial charge in [0, 0.05) is 48.6 Å². The topological polar surface area (TPSA) is 57.9 Å². The van der Waals surface area contributed by atoms with Gasteiger partial charge in [0.1, 0.15) is 11.6 Å². The van der Waals surface area contributed by atoms with Crippen LogP contribution in [0.4, 0.5) is 4.39 Å². The van der Waals surface area contributed by atoms with E-state index in [0.29, 0.717) is 6.54 Å². The van der Waals surface area contributed by atoms with Gasteiger partial charge in [0.25, 0.3) is 0 Å². The van der Waals surface area contributed by atoms with E-state index in [9.17, 15) is 14.3 Å². The molecule has 1 spiro atoms. The van der Waals surface area contributed by atoms with E-state index in [1.807, 2.05) is 24.1 Å². The van der Waals surface area contributed by atoms with Crippen molar-refractivity contribution in [2.45, 2.75) is 43.7 Å². The van der Waals surface area contributed by atoms with Gasteiger partial charge < -0.3 is 19.3 Å². The predicted molar refractivity (Wildman–Crippen MR) is 136 cm³/mol. The van der Waals surface area contributed by atoms with Crippen LogP contribution in [0, 0.1) is 11.7 Å². The van der Waals surface area contributed by atoms with Crippen LogP contribution in [0.15, 0.2) is 42.5 Å². The molecule has 1 amide bonds. The van der Waals surface area contributed by atoms with Crippen LogP contribution in [0.5, 0.6) is 5.75 Å². The molecule has 1 aliphatic carbocycles.